The van der Waals surface area contributed by atoms with Crippen LogP contribution in [0.25, 0.3) is 0 Å². The highest BCUT2D eigenvalue weighted by molar-refractivity contribution is 7.92. The number of halogens is 3. The van der Waals surface area contributed by atoms with Gasteiger partial charge in [-0.25, -0.2) is 12.8 Å². The van der Waals surface area contributed by atoms with Crippen LogP contribution in [0.15, 0.2) is 71.6 Å². The first-order chi connectivity index (χ1) is 15.3. The topological polar surface area (TPSA) is 52.6 Å². The van der Waals surface area contributed by atoms with E-state index in [0.29, 0.717) is 42.4 Å². The van der Waals surface area contributed by atoms with Crippen LogP contribution in [0.2, 0.25) is 10.0 Å². The van der Waals surface area contributed by atoms with E-state index in [1.54, 1.807) is 42.5 Å². The Balaban J connectivity index is 1.70. The molecule has 4 nitrogen and oxygen atoms in total. The summed E-state index contributed by atoms with van der Waals surface area (Å²) in [6.07, 6.45) is 0.612. The highest BCUT2D eigenvalue weighted by Gasteiger charge is 2.47. The summed E-state index contributed by atoms with van der Waals surface area (Å²) in [6, 6.07) is 17.5. The molecule has 0 unspecified atom stereocenters. The fourth-order valence-electron chi connectivity index (χ4n) is 3.95. The first-order valence-corrected chi connectivity index (χ1v) is 12.3. The molecule has 0 N–H and O–H groups in total. The van der Waals surface area contributed by atoms with Gasteiger partial charge in [0.1, 0.15) is 22.9 Å². The molecule has 1 aliphatic rings. The van der Waals surface area contributed by atoms with Crippen molar-refractivity contribution in [3.05, 3.63) is 93.7 Å². The second-order valence-electron chi connectivity index (χ2n) is 7.58. The molecular formula is C24H21Cl2FO4S. The minimum absolute atomic E-state index is 0.0744. The smallest absolute Gasteiger partial charge is 0.188 e. The molecule has 0 aromatic heterocycles. The molecule has 0 amide bonds. The lowest BCUT2D eigenvalue weighted by Crippen LogP contribution is -2.41. The Morgan fingerprint density at radius 3 is 2.34 bits per heavy atom. The Bertz CT molecular complexity index is 1190. The van der Waals surface area contributed by atoms with Gasteiger partial charge in [-0.15, -0.1) is 0 Å². The summed E-state index contributed by atoms with van der Waals surface area (Å²) in [5, 5.41) is 0.736. The van der Waals surface area contributed by atoms with Gasteiger partial charge in [0.2, 0.25) is 0 Å². The molecule has 1 aliphatic heterocycles. The Hall–Kier alpha value is -2.12. The predicted octanol–water partition coefficient (Wildman–Crippen LogP) is 6.19. The van der Waals surface area contributed by atoms with E-state index in [2.05, 4.69) is 0 Å². The lowest BCUT2D eigenvalue weighted by atomic mass is 9.90. The van der Waals surface area contributed by atoms with Crippen LogP contribution in [0, 0.1) is 5.82 Å². The Labute approximate surface area is 196 Å². The molecule has 1 fully saturated rings. The van der Waals surface area contributed by atoms with Gasteiger partial charge in [0.15, 0.2) is 9.84 Å². The normalized spacial score (nSPS) is 16.0. The van der Waals surface area contributed by atoms with E-state index in [4.69, 9.17) is 32.7 Å². The number of sulfone groups is 1. The first-order valence-electron chi connectivity index (χ1n) is 10.1. The van der Waals surface area contributed by atoms with E-state index in [1.165, 1.54) is 24.3 Å². The van der Waals surface area contributed by atoms with Crippen molar-refractivity contribution < 1.29 is 22.3 Å². The van der Waals surface area contributed by atoms with Crippen molar-refractivity contribution in [2.45, 2.75) is 29.1 Å². The summed E-state index contributed by atoms with van der Waals surface area (Å²) in [5.41, 5.74) is 0.849. The summed E-state index contributed by atoms with van der Waals surface area (Å²) in [4.78, 5) is 0.202. The molecule has 1 heterocycles. The van der Waals surface area contributed by atoms with Gasteiger partial charge in [0.25, 0.3) is 0 Å². The highest BCUT2D eigenvalue weighted by Crippen LogP contribution is 2.44. The second-order valence-corrected chi connectivity index (χ2v) is 10.7. The zero-order chi connectivity index (χ0) is 22.8. The largest absolute Gasteiger partial charge is 0.489 e. The van der Waals surface area contributed by atoms with Gasteiger partial charge in [-0.2, -0.15) is 0 Å². The lowest BCUT2D eigenvalue weighted by molar-refractivity contribution is 0.0739. The van der Waals surface area contributed by atoms with Crippen molar-refractivity contribution in [2.24, 2.45) is 0 Å². The number of benzene rings is 3. The van der Waals surface area contributed by atoms with Crippen LogP contribution in [0.1, 0.15) is 24.0 Å². The SMILES string of the molecule is O=S(=O)(c1ccc(Cl)cc1)C1(c2cccc(OCc3c(F)cccc3Cl)c2)CCOCC1. The van der Waals surface area contributed by atoms with Crippen LogP contribution in [0.5, 0.6) is 5.75 Å². The average Bonchev–Trinajstić information content (AvgIpc) is 2.79. The van der Waals surface area contributed by atoms with Gasteiger partial charge in [-0.05, 0) is 66.9 Å². The highest BCUT2D eigenvalue weighted by atomic mass is 35.5. The number of hydrogen-bond donors (Lipinski definition) is 0. The summed E-state index contributed by atoms with van der Waals surface area (Å²) in [5.74, 6) is -0.0288. The zero-order valence-electron chi connectivity index (χ0n) is 17.1. The van der Waals surface area contributed by atoms with Gasteiger partial charge in [0.05, 0.1) is 9.92 Å². The van der Waals surface area contributed by atoms with Crippen molar-refractivity contribution >= 4 is 33.0 Å². The van der Waals surface area contributed by atoms with Gasteiger partial charge >= 0.3 is 0 Å². The van der Waals surface area contributed by atoms with Crippen molar-refractivity contribution in [3.8, 4) is 5.75 Å². The van der Waals surface area contributed by atoms with Crippen LogP contribution < -0.4 is 4.74 Å². The third-order valence-electron chi connectivity index (χ3n) is 5.74. The summed E-state index contributed by atoms with van der Waals surface area (Å²) in [7, 11) is -3.77. The number of rotatable bonds is 6. The van der Waals surface area contributed by atoms with Crippen molar-refractivity contribution in [2.75, 3.05) is 13.2 Å². The Morgan fingerprint density at radius 2 is 1.66 bits per heavy atom. The quantitative estimate of drug-likeness (QED) is 0.409. The van der Waals surface area contributed by atoms with Crippen molar-refractivity contribution in [1.29, 1.82) is 0 Å². The van der Waals surface area contributed by atoms with Crippen molar-refractivity contribution in [1.82, 2.24) is 0 Å². The van der Waals surface area contributed by atoms with Gasteiger partial charge in [0, 0.05) is 23.8 Å². The predicted molar refractivity (Wildman–Crippen MR) is 123 cm³/mol. The second kappa shape index (κ2) is 9.40. The lowest BCUT2D eigenvalue weighted by Gasteiger charge is -2.37. The molecule has 0 bridgehead atoms. The van der Waals surface area contributed by atoms with E-state index in [1.807, 2.05) is 0 Å². The first kappa shape index (κ1) is 23.1. The molecule has 0 radical (unpaired) electrons. The van der Waals surface area contributed by atoms with Crippen LogP contribution in [0.3, 0.4) is 0 Å². The third-order valence-corrected chi connectivity index (χ3v) is 8.92. The molecule has 3 aromatic rings. The Kier molecular flexibility index (Phi) is 6.77. The molecule has 32 heavy (non-hydrogen) atoms. The molecule has 168 valence electrons. The molecule has 4 rings (SSSR count). The summed E-state index contributed by atoms with van der Waals surface area (Å²) in [6.45, 7) is 0.570. The number of ether oxygens (including phenoxy) is 2. The van der Waals surface area contributed by atoms with Gasteiger partial charge in [-0.3, -0.25) is 0 Å². The molecule has 0 aliphatic carbocycles. The maximum Gasteiger partial charge on any atom is 0.188 e. The molecule has 1 saturated heterocycles. The van der Waals surface area contributed by atoms with E-state index in [9.17, 15) is 12.8 Å². The molecular weight excluding hydrogens is 474 g/mol. The molecule has 8 heteroatoms. The maximum atomic E-state index is 14.1. The number of hydrogen-bond acceptors (Lipinski definition) is 4. The monoisotopic (exact) mass is 494 g/mol. The molecule has 0 spiro atoms. The van der Waals surface area contributed by atoms with E-state index < -0.39 is 20.4 Å². The third kappa shape index (κ3) is 4.37. The Morgan fingerprint density at radius 1 is 0.969 bits per heavy atom. The average molecular weight is 495 g/mol. The van der Waals surface area contributed by atoms with Gasteiger partial charge < -0.3 is 9.47 Å². The van der Waals surface area contributed by atoms with Crippen LogP contribution in [-0.2, 0) is 25.9 Å². The molecule has 3 aromatic carbocycles. The minimum atomic E-state index is -3.77. The van der Waals surface area contributed by atoms with Crippen molar-refractivity contribution in [3.63, 3.8) is 0 Å². The fraction of sp³-hybridized carbons (Fsp3) is 0.250. The van der Waals surface area contributed by atoms with E-state index in [0.717, 1.165) is 0 Å². The fourth-order valence-corrected chi connectivity index (χ4v) is 6.38. The molecule has 0 atom stereocenters. The van der Waals surface area contributed by atoms with Gasteiger partial charge in [-0.1, -0.05) is 41.4 Å². The maximum absolute atomic E-state index is 14.1. The summed E-state index contributed by atoms with van der Waals surface area (Å²) >= 11 is 12.0. The molecule has 0 saturated carbocycles. The minimum Gasteiger partial charge on any atom is -0.489 e. The van der Waals surface area contributed by atoms with Crippen LogP contribution in [-0.4, -0.2) is 21.6 Å². The van der Waals surface area contributed by atoms with Crippen LogP contribution >= 0.6 is 23.2 Å². The standard InChI is InChI=1S/C24H21Cl2FO4S/c25-18-7-9-20(10-8-18)32(28,29)24(11-13-30-14-12-24)17-3-1-4-19(15-17)31-16-21-22(26)5-2-6-23(21)27/h1-10,15H,11-14,16H2. The summed E-state index contributed by atoms with van der Waals surface area (Å²) < 4.78 is 51.8. The zero-order valence-corrected chi connectivity index (χ0v) is 19.4. The van der Waals surface area contributed by atoms with E-state index >= 15 is 0 Å². The van der Waals surface area contributed by atoms with E-state index in [-0.39, 0.29) is 22.1 Å². The van der Waals surface area contributed by atoms with Crippen LogP contribution in [0.4, 0.5) is 4.39 Å².